The van der Waals surface area contributed by atoms with Gasteiger partial charge < -0.3 is 25.5 Å². The van der Waals surface area contributed by atoms with Gasteiger partial charge in [-0.2, -0.15) is 4.98 Å². The van der Waals surface area contributed by atoms with Crippen molar-refractivity contribution in [3.05, 3.63) is 35.0 Å². The quantitative estimate of drug-likeness (QED) is 0.148. The number of H-pyrrole nitrogens is 1. The van der Waals surface area contributed by atoms with Gasteiger partial charge in [-0.3, -0.25) is 32.4 Å². The highest BCUT2D eigenvalue weighted by atomic mass is 32.7. The maximum absolute atomic E-state index is 15.9. The molecule has 3 aliphatic heterocycles. The Labute approximate surface area is 266 Å². The number of hydrogen-bond acceptors (Lipinski definition) is 15. The molecule has 0 aliphatic carbocycles. The third-order valence-corrected chi connectivity index (χ3v) is 11.0. The van der Waals surface area contributed by atoms with Gasteiger partial charge in [-0.25, -0.2) is 32.9 Å². The molecule has 3 aliphatic rings. The van der Waals surface area contributed by atoms with Gasteiger partial charge in [0.1, 0.15) is 42.3 Å². The number of anilines is 2. The first-order chi connectivity index (χ1) is 21.6. The Balaban J connectivity index is 1.22. The van der Waals surface area contributed by atoms with Crippen LogP contribution in [-0.4, -0.2) is 77.4 Å². The number of ether oxygens (including phenoxy) is 2. The Bertz CT molecular complexity index is 2020. The van der Waals surface area contributed by atoms with Gasteiger partial charge in [-0.15, -0.1) is 0 Å². The van der Waals surface area contributed by atoms with Gasteiger partial charge in [0.15, 0.2) is 35.0 Å². The summed E-state index contributed by atoms with van der Waals surface area (Å²) in [6.07, 6.45) is -5.49. The molecule has 9 atom stereocenters. The van der Waals surface area contributed by atoms with E-state index in [1.54, 1.807) is 0 Å². The molecule has 0 amide bonds. The van der Waals surface area contributed by atoms with E-state index in [2.05, 4.69) is 49.4 Å². The lowest BCUT2D eigenvalue weighted by molar-refractivity contribution is -0.110. The second kappa shape index (κ2) is 11.2. The largest absolute Gasteiger partial charge is 0.386 e. The molecule has 3 saturated heterocycles. The summed E-state index contributed by atoms with van der Waals surface area (Å²) in [7, 11) is 0. The van der Waals surface area contributed by atoms with Gasteiger partial charge in [0.2, 0.25) is 5.95 Å². The first-order valence-electron chi connectivity index (χ1n) is 13.4. The number of nitrogens with one attached hydrogen (secondary N) is 1. The van der Waals surface area contributed by atoms with Crippen LogP contribution in [0.4, 0.5) is 20.5 Å². The molecule has 2 bridgehead atoms. The first kappa shape index (κ1) is 31.9. The number of nitrogens with zero attached hydrogens (tertiary/aromatic N) is 6. The van der Waals surface area contributed by atoms with Crippen molar-refractivity contribution in [3.63, 3.8) is 0 Å². The van der Waals surface area contributed by atoms with Crippen molar-refractivity contribution in [3.8, 4) is 0 Å². The zero-order valence-corrected chi connectivity index (χ0v) is 27.0. The van der Waals surface area contributed by atoms with Crippen LogP contribution in [0.5, 0.6) is 0 Å². The van der Waals surface area contributed by atoms with Crippen LogP contribution < -0.4 is 17.0 Å². The lowest BCUT2D eigenvalue weighted by Crippen LogP contribution is -2.41. The highest BCUT2D eigenvalue weighted by Crippen LogP contribution is 2.61. The monoisotopic (exact) mass is 723 g/mol. The third-order valence-electron chi connectivity index (χ3n) is 7.83. The van der Waals surface area contributed by atoms with E-state index in [-0.39, 0.29) is 40.4 Å². The normalized spacial score (nSPS) is 37.2. The van der Waals surface area contributed by atoms with Crippen LogP contribution in [0.15, 0.2) is 23.6 Å². The number of aromatic amines is 1. The summed E-state index contributed by atoms with van der Waals surface area (Å²) < 4.78 is 94.8. The lowest BCUT2D eigenvalue weighted by Gasteiger charge is -2.32. The van der Waals surface area contributed by atoms with E-state index in [1.165, 1.54) is 11.5 Å². The molecule has 24 heteroatoms. The molecule has 0 aromatic carbocycles. The topological polar surface area (TPSA) is 236 Å². The Morgan fingerprint density at radius 2 is 1.87 bits per heavy atom. The molecular weight excluding hydrogens is 698 g/mol. The van der Waals surface area contributed by atoms with Crippen molar-refractivity contribution in [2.24, 2.45) is 0 Å². The van der Waals surface area contributed by atoms with Crippen molar-refractivity contribution in [2.45, 2.75) is 55.9 Å². The number of nitrogen functional groups attached to an aromatic ring is 2. The summed E-state index contributed by atoms with van der Waals surface area (Å²) in [5.74, 6) is -1.06. The summed E-state index contributed by atoms with van der Waals surface area (Å²) >= 11 is 8.15. The fourth-order valence-corrected chi connectivity index (χ4v) is 8.72. The number of fused-ring (bicyclic) bond motifs is 5. The Hall–Kier alpha value is -2.65. The molecular formula is C22H25F2N9O9P2S2. The van der Waals surface area contributed by atoms with Crippen LogP contribution in [0.2, 0.25) is 0 Å². The maximum atomic E-state index is 15.9. The number of rotatable bonds is 2. The van der Waals surface area contributed by atoms with Gasteiger partial charge in [0.05, 0.1) is 24.9 Å². The fourth-order valence-electron chi connectivity index (χ4n) is 5.65. The zero-order valence-electron chi connectivity index (χ0n) is 23.4. The maximum Gasteiger partial charge on any atom is 0.386 e. The standard InChI is InChI=1S/C22H25F2N9O9P2S2/c1-22-5-38-44(36,46)42-15-13(24)9(39-20(15)33-7-29-14-18(33)30-21(26)31-19(14)34)4-37-43(35,45)41-10(22)2-11(40-22)32-3-8(23)12-16(25)27-6-28-17(12)32/h3,6-7,9-11,13,15,20H,2,4-5H2,1H3,(H,35,45)(H,36,46)(H2,25,27,28)(H3,26,30,31,34)/t9-,10+,11-,13-,15-,20-,22-,43?,44?/m1/s1. The molecule has 248 valence electrons. The average molecular weight is 724 g/mol. The molecule has 2 unspecified atom stereocenters. The van der Waals surface area contributed by atoms with Crippen LogP contribution in [0.3, 0.4) is 0 Å². The molecule has 0 saturated carbocycles. The van der Waals surface area contributed by atoms with Crippen LogP contribution >= 0.6 is 38.1 Å². The number of aromatic nitrogens is 7. The van der Waals surface area contributed by atoms with Crippen LogP contribution in [0.25, 0.3) is 22.2 Å². The molecule has 46 heavy (non-hydrogen) atoms. The minimum Gasteiger partial charge on any atom is -0.383 e. The summed E-state index contributed by atoms with van der Waals surface area (Å²) in [5, 5.41) is -0.0361. The number of thiol groups is 2. The van der Waals surface area contributed by atoms with Crippen LogP contribution in [-0.2, 0) is 36.7 Å². The van der Waals surface area contributed by atoms with Gasteiger partial charge in [0, 0.05) is 12.6 Å². The average Bonchev–Trinajstić information content (AvgIpc) is 3.71. The van der Waals surface area contributed by atoms with Gasteiger partial charge in [0.25, 0.3) is 5.56 Å². The zero-order chi connectivity index (χ0) is 32.8. The molecule has 18 nitrogen and oxygen atoms in total. The van der Waals surface area contributed by atoms with Crippen molar-refractivity contribution in [1.82, 2.24) is 34.1 Å². The second-order valence-corrected chi connectivity index (χ2v) is 16.7. The van der Waals surface area contributed by atoms with Gasteiger partial charge in [-0.1, -0.05) is 24.5 Å². The molecule has 4 aromatic heterocycles. The molecule has 0 spiro atoms. The predicted molar refractivity (Wildman–Crippen MR) is 161 cm³/mol. The molecule has 7 rings (SSSR count). The number of halogens is 2. The van der Waals surface area contributed by atoms with E-state index < -0.39 is 80.7 Å². The number of alkyl halides is 1. The summed E-state index contributed by atoms with van der Waals surface area (Å²) in [4.78, 5) is 30.6. The Morgan fingerprint density at radius 3 is 2.65 bits per heavy atom. The molecule has 0 radical (unpaired) electrons. The van der Waals surface area contributed by atoms with Crippen molar-refractivity contribution < 1.29 is 45.5 Å². The number of imidazole rings is 1. The minimum atomic E-state index is -4.45. The number of nitrogens with two attached hydrogens (primary N) is 2. The molecule has 7 heterocycles. The Kier molecular flexibility index (Phi) is 7.78. The summed E-state index contributed by atoms with van der Waals surface area (Å²) in [6, 6.07) is 0. The van der Waals surface area contributed by atoms with Gasteiger partial charge >= 0.3 is 13.6 Å². The predicted octanol–water partition coefficient (Wildman–Crippen LogP) is 2.67. The lowest BCUT2D eigenvalue weighted by atomic mass is 10.0. The first-order valence-corrected chi connectivity index (χ1v) is 18.8. The Morgan fingerprint density at radius 1 is 1.11 bits per heavy atom. The van der Waals surface area contributed by atoms with Crippen molar-refractivity contribution in [2.75, 3.05) is 24.7 Å². The molecule has 3 fully saturated rings. The highest BCUT2D eigenvalue weighted by Gasteiger charge is 2.54. The highest BCUT2D eigenvalue weighted by molar-refractivity contribution is 8.44. The minimum absolute atomic E-state index is 0.0361. The van der Waals surface area contributed by atoms with Gasteiger partial charge in [-0.05, 0) is 6.92 Å². The summed E-state index contributed by atoms with van der Waals surface area (Å²) in [5.41, 5.74) is 9.19. The SMILES string of the molecule is C[C@@]12COP(=O)(S)O[C@@H]3[C@H](F)[C@@H](COP(=O)(S)O[C@H]1C[C@H](n1cc(F)c4c(N)ncnc41)O2)O[C@H]3n1cnc2c(=O)[nH]c(N)nc21. The van der Waals surface area contributed by atoms with E-state index in [4.69, 9.17) is 39.0 Å². The molecule has 5 N–H and O–H groups in total. The smallest absolute Gasteiger partial charge is 0.383 e. The van der Waals surface area contributed by atoms with E-state index in [0.717, 1.165) is 23.4 Å². The number of hydrogen-bond donors (Lipinski definition) is 5. The van der Waals surface area contributed by atoms with E-state index in [1.807, 2.05) is 0 Å². The summed E-state index contributed by atoms with van der Waals surface area (Å²) in [6.45, 7) is -8.50. The fraction of sp³-hybridized carbons (Fsp3) is 0.500. The van der Waals surface area contributed by atoms with Crippen molar-refractivity contribution in [1.29, 1.82) is 0 Å². The van der Waals surface area contributed by atoms with E-state index in [9.17, 15) is 18.3 Å². The van der Waals surface area contributed by atoms with E-state index in [0.29, 0.717) is 0 Å². The van der Waals surface area contributed by atoms with E-state index >= 15 is 4.39 Å². The third kappa shape index (κ3) is 5.53. The molecule has 4 aromatic rings. The second-order valence-electron chi connectivity index (χ2n) is 10.9. The van der Waals surface area contributed by atoms with Crippen molar-refractivity contribution >= 4 is 72.1 Å². The van der Waals surface area contributed by atoms with Crippen LogP contribution in [0.1, 0.15) is 25.8 Å². The van der Waals surface area contributed by atoms with Crippen LogP contribution in [0, 0.1) is 5.82 Å².